The third-order valence-corrected chi connectivity index (χ3v) is 4.43. The van der Waals surface area contributed by atoms with E-state index in [1.165, 1.54) is 5.56 Å². The van der Waals surface area contributed by atoms with Crippen molar-refractivity contribution < 1.29 is 18.8 Å². The summed E-state index contributed by atoms with van der Waals surface area (Å²) in [6.07, 6.45) is 0. The summed E-state index contributed by atoms with van der Waals surface area (Å²) in [5.74, 6) is 1.48. The van der Waals surface area contributed by atoms with Crippen LogP contribution in [-0.4, -0.2) is 43.8 Å². The quantitative estimate of drug-likeness (QED) is 0.626. The number of ether oxygens (including phenoxy) is 2. The van der Waals surface area contributed by atoms with Crippen LogP contribution >= 0.6 is 0 Å². The number of aromatic nitrogens is 1. The van der Waals surface area contributed by atoms with Crippen molar-refractivity contribution in [2.24, 2.45) is 0 Å². The van der Waals surface area contributed by atoms with Gasteiger partial charge in [0, 0.05) is 18.2 Å². The Bertz CT molecular complexity index is 966. The molecule has 0 bridgehead atoms. The van der Waals surface area contributed by atoms with Crippen molar-refractivity contribution in [1.29, 1.82) is 0 Å². The Morgan fingerprint density at radius 3 is 2.48 bits per heavy atom. The summed E-state index contributed by atoms with van der Waals surface area (Å²) < 4.78 is 15.8. The van der Waals surface area contributed by atoms with Crippen LogP contribution in [0.3, 0.4) is 0 Å². The summed E-state index contributed by atoms with van der Waals surface area (Å²) in [5.41, 5.74) is 3.80. The lowest BCUT2D eigenvalue weighted by atomic mass is 10.1. The molecule has 2 aromatic carbocycles. The molecule has 7 heteroatoms. The third kappa shape index (κ3) is 5.36. The van der Waals surface area contributed by atoms with Gasteiger partial charge >= 0.3 is 0 Å². The predicted octanol–water partition coefficient (Wildman–Crippen LogP) is 3.74. The van der Waals surface area contributed by atoms with Crippen molar-refractivity contribution in [3.05, 3.63) is 59.7 Å². The SMILES string of the molecule is COc1ccc(CN(C)CC(=O)Nc2cc(-c3ccc(C)cc3)no2)cc1OC. The van der Waals surface area contributed by atoms with Gasteiger partial charge in [0.2, 0.25) is 11.8 Å². The molecule has 0 radical (unpaired) electrons. The van der Waals surface area contributed by atoms with E-state index in [9.17, 15) is 4.79 Å². The van der Waals surface area contributed by atoms with Crippen LogP contribution in [0.25, 0.3) is 11.3 Å². The number of hydrogen-bond donors (Lipinski definition) is 1. The Hall–Kier alpha value is -3.32. The zero-order chi connectivity index (χ0) is 20.8. The van der Waals surface area contributed by atoms with Crippen molar-refractivity contribution in [1.82, 2.24) is 10.1 Å². The van der Waals surface area contributed by atoms with E-state index in [2.05, 4.69) is 10.5 Å². The average molecular weight is 395 g/mol. The lowest BCUT2D eigenvalue weighted by Gasteiger charge is -2.17. The van der Waals surface area contributed by atoms with Gasteiger partial charge in [-0.1, -0.05) is 41.1 Å². The molecule has 152 valence electrons. The summed E-state index contributed by atoms with van der Waals surface area (Å²) >= 11 is 0. The van der Waals surface area contributed by atoms with E-state index in [4.69, 9.17) is 14.0 Å². The van der Waals surface area contributed by atoms with E-state index in [0.717, 1.165) is 11.1 Å². The highest BCUT2D eigenvalue weighted by atomic mass is 16.5. The molecule has 0 aliphatic carbocycles. The Morgan fingerprint density at radius 1 is 1.07 bits per heavy atom. The van der Waals surface area contributed by atoms with Crippen molar-refractivity contribution in [2.45, 2.75) is 13.5 Å². The first kappa shape index (κ1) is 20.4. The van der Waals surface area contributed by atoms with Gasteiger partial charge in [0.05, 0.1) is 20.8 Å². The first-order chi connectivity index (χ1) is 14.0. The van der Waals surface area contributed by atoms with E-state index in [1.54, 1.807) is 20.3 Å². The minimum Gasteiger partial charge on any atom is -0.493 e. The van der Waals surface area contributed by atoms with Crippen LogP contribution in [0.1, 0.15) is 11.1 Å². The van der Waals surface area contributed by atoms with Gasteiger partial charge in [-0.05, 0) is 31.7 Å². The number of carbonyl (C=O) groups is 1. The van der Waals surface area contributed by atoms with E-state index in [-0.39, 0.29) is 12.5 Å². The minimum absolute atomic E-state index is 0.181. The maximum Gasteiger partial charge on any atom is 0.240 e. The van der Waals surface area contributed by atoms with Crippen molar-refractivity contribution in [3.63, 3.8) is 0 Å². The molecule has 0 aliphatic heterocycles. The number of hydrogen-bond acceptors (Lipinski definition) is 6. The van der Waals surface area contributed by atoms with Crippen LogP contribution in [-0.2, 0) is 11.3 Å². The first-order valence-electron chi connectivity index (χ1n) is 9.21. The minimum atomic E-state index is -0.181. The standard InChI is InChI=1S/C22H25N3O4/c1-15-5-8-17(9-6-15)18-12-22(29-24-18)23-21(26)14-25(2)13-16-7-10-19(27-3)20(11-16)28-4/h5-12H,13-14H2,1-4H3,(H,23,26). The third-order valence-electron chi connectivity index (χ3n) is 4.43. The molecule has 0 saturated heterocycles. The molecular formula is C22H25N3O4. The van der Waals surface area contributed by atoms with Gasteiger partial charge in [0.25, 0.3) is 0 Å². The monoisotopic (exact) mass is 395 g/mol. The fourth-order valence-corrected chi connectivity index (χ4v) is 2.96. The normalized spacial score (nSPS) is 10.8. The number of amides is 1. The maximum absolute atomic E-state index is 12.3. The molecule has 0 spiro atoms. The van der Waals surface area contributed by atoms with Gasteiger partial charge in [-0.3, -0.25) is 15.0 Å². The largest absolute Gasteiger partial charge is 0.493 e. The topological polar surface area (TPSA) is 76.8 Å². The average Bonchev–Trinajstić information content (AvgIpc) is 3.16. The zero-order valence-electron chi connectivity index (χ0n) is 17.1. The number of nitrogens with one attached hydrogen (secondary N) is 1. The Morgan fingerprint density at radius 2 is 1.79 bits per heavy atom. The van der Waals surface area contributed by atoms with Crippen LogP contribution in [0.15, 0.2) is 53.1 Å². The number of likely N-dealkylation sites (N-methyl/N-ethyl adjacent to an activating group) is 1. The zero-order valence-corrected chi connectivity index (χ0v) is 17.1. The number of nitrogens with zero attached hydrogens (tertiary/aromatic N) is 2. The van der Waals surface area contributed by atoms with E-state index in [0.29, 0.717) is 29.6 Å². The van der Waals surface area contributed by atoms with Crippen LogP contribution in [0.5, 0.6) is 11.5 Å². The van der Waals surface area contributed by atoms with Crippen molar-refractivity contribution >= 4 is 11.8 Å². The molecule has 0 aliphatic rings. The van der Waals surface area contributed by atoms with E-state index < -0.39 is 0 Å². The Kier molecular flexibility index (Phi) is 6.51. The summed E-state index contributed by atoms with van der Waals surface area (Å²) in [7, 11) is 5.07. The number of rotatable bonds is 8. The number of anilines is 1. The molecule has 0 atom stereocenters. The molecule has 0 unspecified atom stereocenters. The molecule has 3 rings (SSSR count). The molecule has 0 fully saturated rings. The Balaban J connectivity index is 1.56. The fourth-order valence-electron chi connectivity index (χ4n) is 2.96. The van der Waals surface area contributed by atoms with Crippen molar-refractivity contribution in [3.8, 4) is 22.8 Å². The van der Waals surface area contributed by atoms with Gasteiger partial charge in [-0.25, -0.2) is 0 Å². The first-order valence-corrected chi connectivity index (χ1v) is 9.21. The van der Waals surface area contributed by atoms with Crippen LogP contribution in [0.2, 0.25) is 0 Å². The molecular weight excluding hydrogens is 370 g/mol. The second-order valence-electron chi connectivity index (χ2n) is 6.85. The predicted molar refractivity (Wildman–Crippen MR) is 111 cm³/mol. The molecule has 1 heterocycles. The summed E-state index contributed by atoms with van der Waals surface area (Å²) in [6, 6.07) is 15.4. The second-order valence-corrected chi connectivity index (χ2v) is 6.85. The van der Waals surface area contributed by atoms with Crippen LogP contribution in [0.4, 0.5) is 5.88 Å². The lowest BCUT2D eigenvalue weighted by Crippen LogP contribution is -2.29. The molecule has 3 aromatic rings. The molecule has 7 nitrogen and oxygen atoms in total. The van der Waals surface area contributed by atoms with Crippen LogP contribution < -0.4 is 14.8 Å². The number of methoxy groups -OCH3 is 2. The molecule has 1 aromatic heterocycles. The number of carbonyl (C=O) groups excluding carboxylic acids is 1. The number of benzene rings is 2. The smallest absolute Gasteiger partial charge is 0.240 e. The van der Waals surface area contributed by atoms with Gasteiger partial charge in [0.1, 0.15) is 5.69 Å². The van der Waals surface area contributed by atoms with Gasteiger partial charge < -0.3 is 14.0 Å². The van der Waals surface area contributed by atoms with E-state index >= 15 is 0 Å². The molecule has 1 amide bonds. The van der Waals surface area contributed by atoms with Crippen LogP contribution in [0, 0.1) is 6.92 Å². The maximum atomic E-state index is 12.3. The van der Waals surface area contributed by atoms with Crippen molar-refractivity contribution in [2.75, 3.05) is 33.1 Å². The fraction of sp³-hybridized carbons (Fsp3) is 0.273. The Labute approximate surface area is 170 Å². The number of aryl methyl sites for hydroxylation is 1. The second kappa shape index (κ2) is 9.25. The molecule has 1 N–H and O–H groups in total. The molecule has 0 saturated carbocycles. The highest BCUT2D eigenvalue weighted by molar-refractivity contribution is 5.91. The van der Waals surface area contributed by atoms with Gasteiger partial charge in [-0.15, -0.1) is 0 Å². The summed E-state index contributed by atoms with van der Waals surface area (Å²) in [4.78, 5) is 14.2. The lowest BCUT2D eigenvalue weighted by molar-refractivity contribution is -0.117. The van der Waals surface area contributed by atoms with Gasteiger partial charge in [0.15, 0.2) is 11.5 Å². The van der Waals surface area contributed by atoms with E-state index in [1.807, 2.05) is 61.3 Å². The van der Waals surface area contributed by atoms with Gasteiger partial charge in [-0.2, -0.15) is 0 Å². The highest BCUT2D eigenvalue weighted by Crippen LogP contribution is 2.28. The summed E-state index contributed by atoms with van der Waals surface area (Å²) in [6.45, 7) is 2.81. The highest BCUT2D eigenvalue weighted by Gasteiger charge is 2.13. The molecule has 29 heavy (non-hydrogen) atoms. The summed E-state index contributed by atoms with van der Waals surface area (Å²) in [5, 5.41) is 6.77.